The Hall–Kier alpha value is -3.65. The van der Waals surface area contributed by atoms with Crippen molar-refractivity contribution in [1.82, 2.24) is 0 Å². The Morgan fingerprint density at radius 3 is 2.55 bits per heavy atom. The molecule has 31 heavy (non-hydrogen) atoms. The number of carbonyl (C=O) groups is 1. The molecule has 1 amide bonds. The number of amides is 1. The molecule has 158 valence electrons. The van der Waals surface area contributed by atoms with Gasteiger partial charge in [0, 0.05) is 12.1 Å². The molecule has 0 aliphatic carbocycles. The van der Waals surface area contributed by atoms with E-state index in [4.69, 9.17) is 9.47 Å². The number of halogens is 1. The van der Waals surface area contributed by atoms with Crippen LogP contribution in [0.1, 0.15) is 11.1 Å². The number of nitrogens with zero attached hydrogens (tertiary/aromatic N) is 1. The summed E-state index contributed by atoms with van der Waals surface area (Å²) in [5, 5.41) is 13.6. The highest BCUT2D eigenvalue weighted by molar-refractivity contribution is 9.10. The maximum absolute atomic E-state index is 12.2. The lowest BCUT2D eigenvalue weighted by molar-refractivity contribution is -0.383. The first-order chi connectivity index (χ1) is 15.0. The largest absolute Gasteiger partial charge is 0.493 e. The van der Waals surface area contributed by atoms with Crippen molar-refractivity contribution in [3.8, 4) is 11.5 Å². The molecule has 0 atom stereocenters. The zero-order chi connectivity index (χ0) is 22.2. The number of hydrogen-bond acceptors (Lipinski definition) is 5. The van der Waals surface area contributed by atoms with Gasteiger partial charge in [-0.25, -0.2) is 0 Å². The molecule has 0 aromatic heterocycles. The Morgan fingerprint density at radius 2 is 1.84 bits per heavy atom. The highest BCUT2D eigenvalue weighted by Crippen LogP contribution is 2.37. The molecule has 0 spiro atoms. The van der Waals surface area contributed by atoms with E-state index in [9.17, 15) is 14.9 Å². The average molecular weight is 483 g/mol. The third-order valence-corrected chi connectivity index (χ3v) is 4.85. The summed E-state index contributed by atoms with van der Waals surface area (Å²) in [6, 6.07) is 19.2. The van der Waals surface area contributed by atoms with E-state index in [2.05, 4.69) is 21.2 Å². The fourth-order valence-electron chi connectivity index (χ4n) is 2.79. The highest BCUT2D eigenvalue weighted by Gasteiger charge is 2.14. The third kappa shape index (κ3) is 5.93. The monoisotopic (exact) mass is 482 g/mol. The average Bonchev–Trinajstić information content (AvgIpc) is 2.77. The van der Waals surface area contributed by atoms with Crippen molar-refractivity contribution in [3.63, 3.8) is 0 Å². The van der Waals surface area contributed by atoms with E-state index in [1.165, 1.54) is 31.4 Å². The Bertz CT molecular complexity index is 1120. The number of carbonyl (C=O) groups excluding carboxylic acids is 1. The van der Waals surface area contributed by atoms with E-state index in [0.717, 1.165) is 5.56 Å². The molecule has 0 bridgehead atoms. The Morgan fingerprint density at radius 1 is 1.13 bits per heavy atom. The van der Waals surface area contributed by atoms with Gasteiger partial charge in [-0.2, -0.15) is 0 Å². The Labute approximate surface area is 187 Å². The van der Waals surface area contributed by atoms with Crippen LogP contribution >= 0.6 is 15.9 Å². The summed E-state index contributed by atoms with van der Waals surface area (Å²) in [4.78, 5) is 22.8. The molecule has 0 radical (unpaired) electrons. The maximum atomic E-state index is 12.2. The zero-order valence-electron chi connectivity index (χ0n) is 16.6. The molecule has 0 aliphatic heterocycles. The van der Waals surface area contributed by atoms with Gasteiger partial charge in [-0.1, -0.05) is 42.5 Å². The number of benzene rings is 3. The number of hydrogen-bond donors (Lipinski definition) is 1. The van der Waals surface area contributed by atoms with Crippen LogP contribution in [0, 0.1) is 10.1 Å². The first kappa shape index (κ1) is 22.0. The number of ether oxygens (including phenoxy) is 2. The van der Waals surface area contributed by atoms with Gasteiger partial charge in [0.15, 0.2) is 11.5 Å². The van der Waals surface area contributed by atoms with Crippen LogP contribution in [0.15, 0.2) is 77.3 Å². The predicted octanol–water partition coefficient (Wildman–Crippen LogP) is 5.60. The lowest BCUT2D eigenvalue weighted by Gasteiger charge is -2.13. The van der Waals surface area contributed by atoms with Crippen LogP contribution in [0.4, 0.5) is 11.4 Å². The van der Waals surface area contributed by atoms with E-state index in [1.54, 1.807) is 24.3 Å². The van der Waals surface area contributed by atoms with Gasteiger partial charge in [0.05, 0.1) is 16.5 Å². The summed E-state index contributed by atoms with van der Waals surface area (Å²) >= 11 is 3.48. The molecular formula is C23H19BrN2O5. The normalized spacial score (nSPS) is 10.6. The molecule has 7 nitrogen and oxygen atoms in total. The van der Waals surface area contributed by atoms with Crippen LogP contribution in [-0.2, 0) is 11.4 Å². The fraction of sp³-hybridized carbons (Fsp3) is 0.0870. The SMILES string of the molecule is COc1cc(/C=C/C(=O)Nc2ccccc2[N+](=O)[O-])cc(Br)c1OCc1ccccc1. The van der Waals surface area contributed by atoms with Gasteiger partial charge in [-0.3, -0.25) is 14.9 Å². The second kappa shape index (κ2) is 10.4. The minimum Gasteiger partial charge on any atom is -0.493 e. The summed E-state index contributed by atoms with van der Waals surface area (Å²) < 4.78 is 12.0. The van der Waals surface area contributed by atoms with Crippen LogP contribution < -0.4 is 14.8 Å². The lowest BCUT2D eigenvalue weighted by Crippen LogP contribution is -2.09. The smallest absolute Gasteiger partial charge is 0.292 e. The van der Waals surface area contributed by atoms with Crippen LogP contribution in [0.5, 0.6) is 11.5 Å². The van der Waals surface area contributed by atoms with Gasteiger partial charge in [0.1, 0.15) is 12.3 Å². The van der Waals surface area contributed by atoms with Crippen molar-refractivity contribution < 1.29 is 19.2 Å². The van der Waals surface area contributed by atoms with E-state index >= 15 is 0 Å². The predicted molar refractivity (Wildman–Crippen MR) is 122 cm³/mol. The molecule has 0 unspecified atom stereocenters. The van der Waals surface area contributed by atoms with Crippen LogP contribution in [0.25, 0.3) is 6.08 Å². The molecule has 3 aromatic carbocycles. The Kier molecular flexibility index (Phi) is 7.40. The summed E-state index contributed by atoms with van der Waals surface area (Å²) in [6.07, 6.45) is 2.88. The quantitative estimate of drug-likeness (QED) is 0.256. The van der Waals surface area contributed by atoms with E-state index in [1.807, 2.05) is 30.3 Å². The molecule has 3 rings (SSSR count). The number of nitrogens with one attached hydrogen (secondary N) is 1. The zero-order valence-corrected chi connectivity index (χ0v) is 18.2. The number of nitro benzene ring substituents is 1. The first-order valence-corrected chi connectivity index (χ1v) is 10.0. The minimum absolute atomic E-state index is 0.130. The highest BCUT2D eigenvalue weighted by atomic mass is 79.9. The van der Waals surface area contributed by atoms with Gasteiger partial charge in [-0.05, 0) is 51.3 Å². The Balaban J connectivity index is 1.73. The maximum Gasteiger partial charge on any atom is 0.292 e. The summed E-state index contributed by atoms with van der Waals surface area (Å²) in [5.41, 5.74) is 1.67. The molecule has 3 aromatic rings. The number of methoxy groups -OCH3 is 1. The van der Waals surface area contributed by atoms with Crippen molar-refractivity contribution in [3.05, 3.63) is 98.5 Å². The van der Waals surface area contributed by atoms with E-state index in [0.29, 0.717) is 28.1 Å². The number of rotatable bonds is 8. The third-order valence-electron chi connectivity index (χ3n) is 4.26. The van der Waals surface area contributed by atoms with Gasteiger partial charge < -0.3 is 14.8 Å². The van der Waals surface area contributed by atoms with Crippen molar-refractivity contribution in [1.29, 1.82) is 0 Å². The van der Waals surface area contributed by atoms with Crippen molar-refractivity contribution in [2.24, 2.45) is 0 Å². The molecule has 8 heteroatoms. The summed E-state index contributed by atoms with van der Waals surface area (Å²) in [5.74, 6) is 0.561. The van der Waals surface area contributed by atoms with Crippen LogP contribution in [0.3, 0.4) is 0 Å². The molecule has 0 saturated heterocycles. The second-order valence-corrected chi connectivity index (χ2v) is 7.26. The van der Waals surface area contributed by atoms with Gasteiger partial charge in [-0.15, -0.1) is 0 Å². The van der Waals surface area contributed by atoms with Crippen LogP contribution in [-0.4, -0.2) is 17.9 Å². The molecule has 0 aliphatic rings. The molecule has 0 saturated carbocycles. The minimum atomic E-state index is -0.546. The van der Waals surface area contributed by atoms with Crippen molar-refractivity contribution >= 4 is 39.3 Å². The summed E-state index contributed by atoms with van der Waals surface area (Å²) in [7, 11) is 1.53. The number of para-hydroxylation sites is 2. The molecular weight excluding hydrogens is 464 g/mol. The lowest BCUT2D eigenvalue weighted by atomic mass is 10.1. The topological polar surface area (TPSA) is 90.7 Å². The standard InChI is InChI=1S/C23H19BrN2O5/c1-30-21-14-17(13-18(24)23(21)31-15-16-7-3-2-4-8-16)11-12-22(27)25-19-9-5-6-10-20(19)26(28)29/h2-14H,15H2,1H3,(H,25,27)/b12-11+. The van der Waals surface area contributed by atoms with E-state index < -0.39 is 10.8 Å². The summed E-state index contributed by atoms with van der Waals surface area (Å²) in [6.45, 7) is 0.378. The van der Waals surface area contributed by atoms with Gasteiger partial charge in [0.25, 0.3) is 5.69 Å². The van der Waals surface area contributed by atoms with Gasteiger partial charge in [0.2, 0.25) is 5.91 Å². The van der Waals surface area contributed by atoms with E-state index in [-0.39, 0.29) is 11.4 Å². The number of anilines is 1. The van der Waals surface area contributed by atoms with Crippen molar-refractivity contribution in [2.45, 2.75) is 6.61 Å². The van der Waals surface area contributed by atoms with Crippen LogP contribution in [0.2, 0.25) is 0 Å². The number of nitro groups is 1. The molecule has 1 N–H and O–H groups in total. The van der Waals surface area contributed by atoms with Crippen molar-refractivity contribution in [2.75, 3.05) is 12.4 Å². The second-order valence-electron chi connectivity index (χ2n) is 6.41. The fourth-order valence-corrected chi connectivity index (χ4v) is 3.36. The first-order valence-electron chi connectivity index (χ1n) is 9.24. The molecule has 0 heterocycles. The molecule has 0 fully saturated rings. The van der Waals surface area contributed by atoms with Gasteiger partial charge >= 0.3 is 0 Å².